The fraction of sp³-hybridized carbons (Fsp3) is 0.750. The van der Waals surface area contributed by atoms with E-state index in [2.05, 4.69) is 4.84 Å². The highest BCUT2D eigenvalue weighted by molar-refractivity contribution is 5.86. The topological polar surface area (TPSA) is 55.6 Å². The van der Waals surface area contributed by atoms with Gasteiger partial charge in [-0.3, -0.25) is 9.63 Å². The lowest BCUT2D eigenvalue weighted by molar-refractivity contribution is -0.200. The number of amides is 1. The first kappa shape index (κ1) is 5.53. The lowest BCUT2D eigenvalue weighted by Gasteiger charge is -2.32. The van der Waals surface area contributed by atoms with E-state index in [0.29, 0.717) is 6.54 Å². The molecule has 1 saturated heterocycles. The van der Waals surface area contributed by atoms with Gasteiger partial charge in [-0.1, -0.05) is 0 Å². The second kappa shape index (κ2) is 1.72. The van der Waals surface area contributed by atoms with Gasteiger partial charge in [0.15, 0.2) is 0 Å². The van der Waals surface area contributed by atoms with Crippen molar-refractivity contribution in [1.82, 2.24) is 5.06 Å². The smallest absolute Gasteiger partial charge is 0.265 e. The van der Waals surface area contributed by atoms with Crippen LogP contribution in [0, 0.1) is 0 Å². The molecule has 1 rings (SSSR count). The van der Waals surface area contributed by atoms with Gasteiger partial charge in [0.2, 0.25) is 0 Å². The Hall–Kier alpha value is -0.610. The summed E-state index contributed by atoms with van der Waals surface area (Å²) < 4.78 is 0. The van der Waals surface area contributed by atoms with Crippen molar-refractivity contribution in [2.24, 2.45) is 5.73 Å². The highest BCUT2D eigenvalue weighted by atomic mass is 16.7. The van der Waals surface area contributed by atoms with E-state index in [9.17, 15) is 4.79 Å². The fourth-order valence-electron chi connectivity index (χ4n) is 0.584. The van der Waals surface area contributed by atoms with Gasteiger partial charge in [0.1, 0.15) is 6.04 Å². The van der Waals surface area contributed by atoms with Crippen molar-refractivity contribution >= 4 is 5.91 Å². The van der Waals surface area contributed by atoms with E-state index in [1.807, 2.05) is 0 Å². The third kappa shape index (κ3) is 0.579. The van der Waals surface area contributed by atoms with Crippen molar-refractivity contribution in [3.63, 3.8) is 0 Å². The Morgan fingerprint density at radius 1 is 2.00 bits per heavy atom. The number of hydroxylamine groups is 2. The summed E-state index contributed by atoms with van der Waals surface area (Å²) in [4.78, 5) is 15.0. The maximum atomic E-state index is 10.5. The van der Waals surface area contributed by atoms with Crippen LogP contribution in [-0.4, -0.2) is 30.7 Å². The fourth-order valence-corrected chi connectivity index (χ4v) is 0.584. The van der Waals surface area contributed by atoms with E-state index in [1.165, 1.54) is 12.2 Å². The van der Waals surface area contributed by atoms with Crippen LogP contribution >= 0.6 is 0 Å². The number of nitrogens with two attached hydrogens (primary N) is 1. The van der Waals surface area contributed by atoms with Crippen LogP contribution in [0.3, 0.4) is 0 Å². The zero-order chi connectivity index (χ0) is 6.15. The molecule has 0 aliphatic carbocycles. The number of β-lactam (4-membered cyclic amide) rings is 1. The second-order valence-electron chi connectivity index (χ2n) is 1.69. The van der Waals surface area contributed by atoms with Crippen molar-refractivity contribution in [2.75, 3.05) is 13.7 Å². The molecule has 0 bridgehead atoms. The Labute approximate surface area is 47.2 Å². The predicted octanol–water partition coefficient (Wildman–Crippen LogP) is -1.28. The van der Waals surface area contributed by atoms with Gasteiger partial charge in [-0.2, -0.15) is 0 Å². The van der Waals surface area contributed by atoms with E-state index in [-0.39, 0.29) is 11.9 Å². The lowest BCUT2D eigenvalue weighted by atomic mass is 10.2. The summed E-state index contributed by atoms with van der Waals surface area (Å²) in [6, 6.07) is -0.324. The van der Waals surface area contributed by atoms with Crippen molar-refractivity contribution in [3.8, 4) is 0 Å². The number of hydrogen-bond acceptors (Lipinski definition) is 3. The van der Waals surface area contributed by atoms with Gasteiger partial charge >= 0.3 is 0 Å². The third-order valence-corrected chi connectivity index (χ3v) is 1.15. The van der Waals surface area contributed by atoms with Crippen LogP contribution < -0.4 is 5.73 Å². The summed E-state index contributed by atoms with van der Waals surface area (Å²) in [6.07, 6.45) is 0. The first-order chi connectivity index (χ1) is 3.75. The molecule has 0 aromatic carbocycles. The summed E-state index contributed by atoms with van der Waals surface area (Å²) in [5, 5.41) is 1.23. The minimum atomic E-state index is -0.324. The Balaban J connectivity index is 2.36. The minimum absolute atomic E-state index is 0.132. The SMILES string of the molecule is CON1C[C@@H](N)C1=O. The molecule has 1 heterocycles. The van der Waals surface area contributed by atoms with Crippen LogP contribution in [0.1, 0.15) is 0 Å². The standard InChI is InChI=1S/C4H8N2O2/c1-8-6-2-3(5)4(6)7/h3H,2,5H2,1H3/t3-/m1/s1. The Morgan fingerprint density at radius 3 is 2.75 bits per heavy atom. The van der Waals surface area contributed by atoms with E-state index in [0.717, 1.165) is 0 Å². The summed E-state index contributed by atoms with van der Waals surface area (Å²) in [5.41, 5.74) is 5.22. The van der Waals surface area contributed by atoms with Crippen molar-refractivity contribution in [1.29, 1.82) is 0 Å². The average Bonchev–Trinajstić information content (AvgIpc) is 1.81. The molecule has 8 heavy (non-hydrogen) atoms. The molecule has 1 fully saturated rings. The zero-order valence-corrected chi connectivity index (χ0v) is 4.63. The van der Waals surface area contributed by atoms with E-state index in [1.54, 1.807) is 0 Å². The number of nitrogens with zero attached hydrogens (tertiary/aromatic N) is 1. The highest BCUT2D eigenvalue weighted by Gasteiger charge is 2.33. The lowest BCUT2D eigenvalue weighted by Crippen LogP contribution is -2.60. The normalized spacial score (nSPS) is 28.0. The first-order valence-corrected chi connectivity index (χ1v) is 2.37. The van der Waals surface area contributed by atoms with Gasteiger partial charge in [-0.25, -0.2) is 5.06 Å². The van der Waals surface area contributed by atoms with Gasteiger partial charge in [-0.05, 0) is 0 Å². The molecule has 1 aliphatic rings. The molecule has 2 N–H and O–H groups in total. The van der Waals surface area contributed by atoms with E-state index < -0.39 is 0 Å². The molecule has 4 heteroatoms. The molecule has 0 aromatic heterocycles. The van der Waals surface area contributed by atoms with Gasteiger partial charge in [-0.15, -0.1) is 0 Å². The first-order valence-electron chi connectivity index (χ1n) is 2.37. The highest BCUT2D eigenvalue weighted by Crippen LogP contribution is 2.05. The molecule has 1 aliphatic heterocycles. The number of rotatable bonds is 1. The quantitative estimate of drug-likeness (QED) is 0.434. The van der Waals surface area contributed by atoms with Crippen LogP contribution in [0.2, 0.25) is 0 Å². The van der Waals surface area contributed by atoms with Crippen molar-refractivity contribution in [3.05, 3.63) is 0 Å². The molecule has 1 amide bonds. The van der Waals surface area contributed by atoms with Crippen molar-refractivity contribution < 1.29 is 9.63 Å². The second-order valence-corrected chi connectivity index (χ2v) is 1.69. The van der Waals surface area contributed by atoms with E-state index >= 15 is 0 Å². The Bertz CT molecular complexity index is 115. The molecule has 1 atom stereocenters. The van der Waals surface area contributed by atoms with Crippen LogP contribution in [0.25, 0.3) is 0 Å². The Morgan fingerprint density at radius 2 is 2.62 bits per heavy atom. The van der Waals surface area contributed by atoms with E-state index in [4.69, 9.17) is 5.73 Å². The maximum absolute atomic E-state index is 10.5. The average molecular weight is 116 g/mol. The number of hydrogen-bond donors (Lipinski definition) is 1. The summed E-state index contributed by atoms with van der Waals surface area (Å²) in [6.45, 7) is 0.523. The largest absolute Gasteiger partial charge is 0.318 e. The molecular formula is C4H8N2O2. The third-order valence-electron chi connectivity index (χ3n) is 1.15. The van der Waals surface area contributed by atoms with Gasteiger partial charge < -0.3 is 5.73 Å². The zero-order valence-electron chi connectivity index (χ0n) is 4.63. The van der Waals surface area contributed by atoms with Crippen molar-refractivity contribution in [2.45, 2.75) is 6.04 Å². The molecule has 4 nitrogen and oxygen atoms in total. The van der Waals surface area contributed by atoms with Crippen LogP contribution in [0.5, 0.6) is 0 Å². The molecular weight excluding hydrogens is 108 g/mol. The number of carbonyl (C=O) groups excluding carboxylic acids is 1. The molecule has 0 saturated carbocycles. The monoisotopic (exact) mass is 116 g/mol. The maximum Gasteiger partial charge on any atom is 0.265 e. The van der Waals surface area contributed by atoms with Gasteiger partial charge in [0.05, 0.1) is 13.7 Å². The van der Waals surface area contributed by atoms with Crippen LogP contribution in [0.4, 0.5) is 0 Å². The molecule has 0 spiro atoms. The number of carbonyl (C=O) groups is 1. The molecule has 46 valence electrons. The molecule has 0 radical (unpaired) electrons. The summed E-state index contributed by atoms with van der Waals surface area (Å²) in [5.74, 6) is -0.132. The molecule has 0 aromatic rings. The van der Waals surface area contributed by atoms with Gasteiger partial charge in [0.25, 0.3) is 5.91 Å². The minimum Gasteiger partial charge on any atom is -0.318 e. The molecule has 0 unspecified atom stereocenters. The summed E-state index contributed by atoms with van der Waals surface area (Å²) in [7, 11) is 1.45. The summed E-state index contributed by atoms with van der Waals surface area (Å²) >= 11 is 0. The van der Waals surface area contributed by atoms with Gasteiger partial charge in [0, 0.05) is 0 Å². The predicted molar refractivity (Wildman–Crippen MR) is 26.7 cm³/mol. The van der Waals surface area contributed by atoms with Crippen LogP contribution in [-0.2, 0) is 9.63 Å². The van der Waals surface area contributed by atoms with Crippen LogP contribution in [0.15, 0.2) is 0 Å². The Kier molecular flexibility index (Phi) is 1.19.